The summed E-state index contributed by atoms with van der Waals surface area (Å²) in [6.07, 6.45) is -0.596. The van der Waals surface area contributed by atoms with Gasteiger partial charge in [-0.2, -0.15) is 0 Å². The number of ether oxygens (including phenoxy) is 1. The lowest BCUT2D eigenvalue weighted by atomic mass is 10.0. The number of carboxylic acids is 1. The maximum Gasteiger partial charge on any atom is 0.304 e. The first-order chi connectivity index (χ1) is 9.45. The van der Waals surface area contributed by atoms with E-state index in [1.165, 1.54) is 0 Å². The van der Waals surface area contributed by atoms with E-state index in [9.17, 15) is 9.90 Å². The van der Waals surface area contributed by atoms with E-state index >= 15 is 0 Å². The lowest BCUT2D eigenvalue weighted by Crippen LogP contribution is -2.35. The minimum atomic E-state index is -0.834. The molecule has 0 heterocycles. The van der Waals surface area contributed by atoms with Crippen LogP contribution in [0.1, 0.15) is 31.9 Å². The number of nitrogens with zero attached hydrogens (tertiary/aromatic N) is 1. The number of benzene rings is 1. The molecule has 0 bridgehead atoms. The van der Waals surface area contributed by atoms with Crippen molar-refractivity contribution in [3.05, 3.63) is 29.8 Å². The third kappa shape index (κ3) is 4.83. The molecular formula is C15H23NO4. The summed E-state index contributed by atoms with van der Waals surface area (Å²) in [7, 11) is 1.81. The zero-order valence-corrected chi connectivity index (χ0v) is 12.2. The predicted octanol–water partition coefficient (Wildman–Crippen LogP) is 1.91. The van der Waals surface area contributed by atoms with E-state index in [2.05, 4.69) is 0 Å². The van der Waals surface area contributed by atoms with Crippen molar-refractivity contribution in [3.8, 4) is 5.75 Å². The monoisotopic (exact) mass is 281 g/mol. The molecule has 2 unspecified atom stereocenters. The fraction of sp³-hybridized carbons (Fsp3) is 0.533. The normalized spacial score (nSPS) is 14.1. The summed E-state index contributed by atoms with van der Waals surface area (Å²) in [5.41, 5.74) is 0.795. The second-order valence-electron chi connectivity index (χ2n) is 4.81. The van der Waals surface area contributed by atoms with E-state index in [0.717, 1.165) is 11.3 Å². The van der Waals surface area contributed by atoms with E-state index in [1.807, 2.05) is 50.1 Å². The van der Waals surface area contributed by atoms with Crippen LogP contribution in [0.15, 0.2) is 24.3 Å². The number of hydrogen-bond donors (Lipinski definition) is 2. The van der Waals surface area contributed by atoms with Gasteiger partial charge in [-0.3, -0.25) is 4.79 Å². The Hall–Kier alpha value is -1.59. The van der Waals surface area contributed by atoms with Crippen LogP contribution in [-0.2, 0) is 4.79 Å². The van der Waals surface area contributed by atoms with Crippen LogP contribution in [0, 0.1) is 0 Å². The SMILES string of the molecule is CCOc1ccc(C(O)C(C)N(C)CCC(=O)O)cc1. The Morgan fingerprint density at radius 2 is 1.95 bits per heavy atom. The third-order valence-corrected chi connectivity index (χ3v) is 3.36. The van der Waals surface area contributed by atoms with Gasteiger partial charge in [0, 0.05) is 12.6 Å². The Bertz CT molecular complexity index is 418. The van der Waals surface area contributed by atoms with Crippen LogP contribution < -0.4 is 4.74 Å². The molecule has 5 nitrogen and oxygen atoms in total. The molecule has 0 spiro atoms. The minimum absolute atomic E-state index is 0.0663. The van der Waals surface area contributed by atoms with Crippen LogP contribution in [-0.4, -0.2) is 47.3 Å². The van der Waals surface area contributed by atoms with Crippen molar-refractivity contribution in [2.24, 2.45) is 0 Å². The summed E-state index contributed by atoms with van der Waals surface area (Å²) < 4.78 is 5.36. The number of carbonyl (C=O) groups is 1. The number of carboxylic acid groups (broad SMARTS) is 1. The van der Waals surface area contributed by atoms with Gasteiger partial charge in [0.15, 0.2) is 0 Å². The van der Waals surface area contributed by atoms with Crippen molar-refractivity contribution < 1.29 is 19.7 Å². The smallest absolute Gasteiger partial charge is 0.304 e. The first-order valence-electron chi connectivity index (χ1n) is 6.78. The number of aliphatic carboxylic acids is 1. The Balaban J connectivity index is 2.62. The molecule has 2 atom stereocenters. The van der Waals surface area contributed by atoms with Crippen molar-refractivity contribution >= 4 is 5.97 Å². The number of hydrogen-bond acceptors (Lipinski definition) is 4. The molecule has 0 amide bonds. The quantitative estimate of drug-likeness (QED) is 0.761. The first kappa shape index (κ1) is 16.5. The molecule has 1 aromatic rings. The Kier molecular flexibility index (Phi) is 6.48. The second kappa shape index (κ2) is 7.87. The van der Waals surface area contributed by atoms with E-state index in [4.69, 9.17) is 9.84 Å². The molecule has 112 valence electrons. The number of likely N-dealkylation sites (N-methyl/N-ethyl adjacent to an activating group) is 1. The largest absolute Gasteiger partial charge is 0.494 e. The van der Waals surface area contributed by atoms with Gasteiger partial charge in [-0.25, -0.2) is 0 Å². The summed E-state index contributed by atoms with van der Waals surface area (Å²) in [5, 5.41) is 19.0. The van der Waals surface area contributed by atoms with Crippen molar-refractivity contribution in [3.63, 3.8) is 0 Å². The highest BCUT2D eigenvalue weighted by atomic mass is 16.5. The Morgan fingerprint density at radius 3 is 2.45 bits per heavy atom. The number of aliphatic hydroxyl groups is 1. The lowest BCUT2D eigenvalue weighted by molar-refractivity contribution is -0.137. The number of rotatable bonds is 8. The van der Waals surface area contributed by atoms with Gasteiger partial charge < -0.3 is 19.8 Å². The molecule has 0 aliphatic heterocycles. The van der Waals surface area contributed by atoms with Gasteiger partial charge >= 0.3 is 5.97 Å². The standard InChI is InChI=1S/C15H23NO4/c1-4-20-13-7-5-12(6-8-13)15(19)11(2)16(3)10-9-14(17)18/h5-8,11,15,19H,4,9-10H2,1-3H3,(H,17,18). The van der Waals surface area contributed by atoms with Gasteiger partial charge in [-0.15, -0.1) is 0 Å². The van der Waals surface area contributed by atoms with Gasteiger partial charge in [0.1, 0.15) is 5.75 Å². The molecule has 0 radical (unpaired) electrons. The molecule has 1 rings (SSSR count). The summed E-state index contributed by atoms with van der Waals surface area (Å²) in [5.74, 6) is -0.0602. The van der Waals surface area contributed by atoms with Crippen molar-refractivity contribution in [1.82, 2.24) is 4.90 Å². The van der Waals surface area contributed by atoms with Gasteiger partial charge in [-0.05, 0) is 38.6 Å². The molecule has 20 heavy (non-hydrogen) atoms. The summed E-state index contributed by atoms with van der Waals surface area (Å²) in [6.45, 7) is 4.81. The second-order valence-corrected chi connectivity index (χ2v) is 4.81. The lowest BCUT2D eigenvalue weighted by Gasteiger charge is -2.28. The Labute approximate surface area is 119 Å². The average molecular weight is 281 g/mol. The molecule has 1 aromatic carbocycles. The summed E-state index contributed by atoms with van der Waals surface area (Å²) in [6, 6.07) is 7.15. The maximum absolute atomic E-state index is 10.6. The van der Waals surface area contributed by atoms with E-state index in [-0.39, 0.29) is 12.5 Å². The maximum atomic E-state index is 10.6. The molecular weight excluding hydrogens is 258 g/mol. The zero-order chi connectivity index (χ0) is 15.1. The molecule has 0 aliphatic rings. The van der Waals surface area contributed by atoms with Gasteiger partial charge in [0.2, 0.25) is 0 Å². The zero-order valence-electron chi connectivity index (χ0n) is 12.2. The molecule has 0 aliphatic carbocycles. The highest BCUT2D eigenvalue weighted by Gasteiger charge is 2.20. The van der Waals surface area contributed by atoms with Crippen LogP contribution in [0.25, 0.3) is 0 Å². The molecule has 0 saturated heterocycles. The molecule has 5 heteroatoms. The highest BCUT2D eigenvalue weighted by molar-refractivity contribution is 5.66. The summed E-state index contributed by atoms with van der Waals surface area (Å²) >= 11 is 0. The van der Waals surface area contributed by atoms with Gasteiger partial charge in [-0.1, -0.05) is 12.1 Å². The van der Waals surface area contributed by atoms with Crippen molar-refractivity contribution in [2.45, 2.75) is 32.4 Å². The molecule has 0 fully saturated rings. The van der Waals surface area contributed by atoms with Crippen LogP contribution in [0.2, 0.25) is 0 Å². The van der Waals surface area contributed by atoms with Crippen LogP contribution >= 0.6 is 0 Å². The predicted molar refractivity (Wildman–Crippen MR) is 76.9 cm³/mol. The Morgan fingerprint density at radius 1 is 1.35 bits per heavy atom. The molecule has 0 saturated carbocycles. The fourth-order valence-corrected chi connectivity index (χ4v) is 1.92. The molecule has 0 aromatic heterocycles. The van der Waals surface area contributed by atoms with Crippen LogP contribution in [0.3, 0.4) is 0 Å². The highest BCUT2D eigenvalue weighted by Crippen LogP contribution is 2.22. The van der Waals surface area contributed by atoms with Crippen LogP contribution in [0.5, 0.6) is 5.75 Å². The van der Waals surface area contributed by atoms with Gasteiger partial charge in [0.05, 0.1) is 19.1 Å². The van der Waals surface area contributed by atoms with Crippen LogP contribution in [0.4, 0.5) is 0 Å². The molecule has 2 N–H and O–H groups in total. The third-order valence-electron chi connectivity index (χ3n) is 3.36. The first-order valence-corrected chi connectivity index (χ1v) is 6.78. The van der Waals surface area contributed by atoms with Crippen molar-refractivity contribution in [1.29, 1.82) is 0 Å². The van der Waals surface area contributed by atoms with E-state index < -0.39 is 12.1 Å². The average Bonchev–Trinajstić information content (AvgIpc) is 2.44. The van der Waals surface area contributed by atoms with Crippen molar-refractivity contribution in [2.75, 3.05) is 20.2 Å². The number of aliphatic hydroxyl groups excluding tert-OH is 1. The van der Waals surface area contributed by atoms with Gasteiger partial charge in [0.25, 0.3) is 0 Å². The minimum Gasteiger partial charge on any atom is -0.494 e. The topological polar surface area (TPSA) is 70.0 Å². The fourth-order valence-electron chi connectivity index (χ4n) is 1.92. The van der Waals surface area contributed by atoms with E-state index in [1.54, 1.807) is 0 Å². The van der Waals surface area contributed by atoms with E-state index in [0.29, 0.717) is 13.2 Å². The summed E-state index contributed by atoms with van der Waals surface area (Å²) in [4.78, 5) is 12.4.